The van der Waals surface area contributed by atoms with Crippen molar-refractivity contribution in [3.05, 3.63) is 54.6 Å². The molecule has 24 heavy (non-hydrogen) atoms. The fourth-order valence-electron chi connectivity index (χ4n) is 2.27. The van der Waals surface area contributed by atoms with E-state index in [0.29, 0.717) is 5.39 Å². The summed E-state index contributed by atoms with van der Waals surface area (Å²) in [7, 11) is -3.43. The number of hydrogen-bond donors (Lipinski definition) is 2. The molecule has 6 nitrogen and oxygen atoms in total. The van der Waals surface area contributed by atoms with Crippen LogP contribution in [0.5, 0.6) is 11.5 Å². The Hall–Kier alpha value is -2.93. The second kappa shape index (κ2) is 5.93. The van der Waals surface area contributed by atoms with E-state index in [1.807, 2.05) is 18.2 Å². The molecule has 3 aromatic rings. The molecule has 0 radical (unpaired) electrons. The van der Waals surface area contributed by atoms with Crippen LogP contribution in [0, 0.1) is 0 Å². The number of benzene rings is 3. The molecule has 0 aliphatic carbocycles. The van der Waals surface area contributed by atoms with Crippen LogP contribution in [0.3, 0.4) is 0 Å². The maximum Gasteiger partial charge on any atom is 0.175 e. The highest BCUT2D eigenvalue weighted by molar-refractivity contribution is 7.90. The standard InChI is InChI=1S/C17H14N2O4S/c1-24(22,23)12-7-9-15(20)14(10-12)18-19-17-13-5-3-2-4-11(13)6-8-16(17)21/h2-10,20-21H,1H3. The predicted octanol–water partition coefficient (Wildman–Crippen LogP) is 4.07. The number of phenols is 2. The topological polar surface area (TPSA) is 99.3 Å². The van der Waals surface area contributed by atoms with Crippen LogP contribution in [-0.4, -0.2) is 24.9 Å². The summed E-state index contributed by atoms with van der Waals surface area (Å²) in [6.45, 7) is 0. The lowest BCUT2D eigenvalue weighted by atomic mass is 10.1. The van der Waals surface area contributed by atoms with Gasteiger partial charge in [0, 0.05) is 11.6 Å². The quantitative estimate of drug-likeness (QED) is 0.701. The Bertz CT molecular complexity index is 1060. The highest BCUT2D eigenvalue weighted by atomic mass is 32.2. The van der Waals surface area contributed by atoms with Gasteiger partial charge in [-0.1, -0.05) is 30.3 Å². The third-order valence-corrected chi connectivity index (χ3v) is 4.62. The number of sulfone groups is 1. The monoisotopic (exact) mass is 342 g/mol. The van der Waals surface area contributed by atoms with Gasteiger partial charge >= 0.3 is 0 Å². The van der Waals surface area contributed by atoms with E-state index in [1.165, 1.54) is 24.3 Å². The summed E-state index contributed by atoms with van der Waals surface area (Å²) in [5.74, 6) is -0.262. The van der Waals surface area contributed by atoms with Crippen molar-refractivity contribution >= 4 is 32.0 Å². The van der Waals surface area contributed by atoms with E-state index in [1.54, 1.807) is 12.1 Å². The Labute approximate surface area is 138 Å². The third-order valence-electron chi connectivity index (χ3n) is 3.51. The van der Waals surface area contributed by atoms with Gasteiger partial charge in [-0.05, 0) is 29.7 Å². The minimum absolute atomic E-state index is 0.00487. The summed E-state index contributed by atoms with van der Waals surface area (Å²) in [5.41, 5.74) is 0.252. The zero-order chi connectivity index (χ0) is 17.3. The van der Waals surface area contributed by atoms with E-state index < -0.39 is 9.84 Å². The van der Waals surface area contributed by atoms with E-state index in [9.17, 15) is 18.6 Å². The van der Waals surface area contributed by atoms with Crippen molar-refractivity contribution in [3.63, 3.8) is 0 Å². The lowest BCUT2D eigenvalue weighted by Crippen LogP contribution is -1.95. The van der Waals surface area contributed by atoms with Crippen molar-refractivity contribution in [3.8, 4) is 11.5 Å². The molecule has 7 heteroatoms. The van der Waals surface area contributed by atoms with E-state index in [0.717, 1.165) is 11.6 Å². The first kappa shape index (κ1) is 15.9. The molecule has 0 amide bonds. The first-order chi connectivity index (χ1) is 11.4. The lowest BCUT2D eigenvalue weighted by Gasteiger charge is -2.05. The highest BCUT2D eigenvalue weighted by Crippen LogP contribution is 2.37. The normalized spacial score (nSPS) is 12.0. The number of phenolic OH excluding ortho intramolecular Hbond substituents is 2. The van der Waals surface area contributed by atoms with Gasteiger partial charge in [-0.15, -0.1) is 10.2 Å². The summed E-state index contributed by atoms with van der Waals surface area (Å²) < 4.78 is 23.2. The van der Waals surface area contributed by atoms with Crippen LogP contribution in [0.2, 0.25) is 0 Å². The fourth-order valence-corrected chi connectivity index (χ4v) is 2.91. The second-order valence-corrected chi connectivity index (χ2v) is 7.29. The minimum Gasteiger partial charge on any atom is -0.506 e. The molecule has 0 atom stereocenters. The van der Waals surface area contributed by atoms with E-state index in [4.69, 9.17) is 0 Å². The van der Waals surface area contributed by atoms with Crippen molar-refractivity contribution in [2.24, 2.45) is 10.2 Å². The summed E-state index contributed by atoms with van der Waals surface area (Å²) in [5, 5.41) is 29.4. The van der Waals surface area contributed by atoms with Crippen LogP contribution in [-0.2, 0) is 9.84 Å². The van der Waals surface area contributed by atoms with Crippen molar-refractivity contribution in [1.82, 2.24) is 0 Å². The van der Waals surface area contributed by atoms with Gasteiger partial charge < -0.3 is 10.2 Å². The van der Waals surface area contributed by atoms with Gasteiger partial charge in [0.25, 0.3) is 0 Å². The van der Waals surface area contributed by atoms with Crippen LogP contribution >= 0.6 is 0 Å². The van der Waals surface area contributed by atoms with Crippen molar-refractivity contribution < 1.29 is 18.6 Å². The third kappa shape index (κ3) is 3.07. The number of nitrogens with zero attached hydrogens (tertiary/aromatic N) is 2. The summed E-state index contributed by atoms with van der Waals surface area (Å²) in [6.07, 6.45) is 1.07. The molecule has 0 aromatic heterocycles. The number of fused-ring (bicyclic) bond motifs is 1. The van der Waals surface area contributed by atoms with Crippen LogP contribution < -0.4 is 0 Å². The molecule has 0 unspecified atom stereocenters. The van der Waals surface area contributed by atoms with Crippen LogP contribution in [0.4, 0.5) is 11.4 Å². The van der Waals surface area contributed by atoms with Crippen LogP contribution in [0.25, 0.3) is 10.8 Å². The summed E-state index contributed by atoms with van der Waals surface area (Å²) in [6, 6.07) is 14.4. The maximum absolute atomic E-state index is 11.6. The fraction of sp³-hybridized carbons (Fsp3) is 0.0588. The van der Waals surface area contributed by atoms with Gasteiger partial charge in [-0.3, -0.25) is 0 Å². The number of rotatable bonds is 3. The molecule has 3 rings (SSSR count). The van der Waals surface area contributed by atoms with Crippen LogP contribution in [0.15, 0.2) is 69.7 Å². The molecule has 122 valence electrons. The summed E-state index contributed by atoms with van der Waals surface area (Å²) >= 11 is 0. The molecule has 0 heterocycles. The number of aromatic hydroxyl groups is 2. The van der Waals surface area contributed by atoms with E-state index in [-0.39, 0.29) is 27.8 Å². The second-order valence-electron chi connectivity index (χ2n) is 5.28. The molecule has 2 N–H and O–H groups in total. The molecular weight excluding hydrogens is 328 g/mol. The molecule has 0 fully saturated rings. The van der Waals surface area contributed by atoms with Gasteiger partial charge in [-0.2, -0.15) is 0 Å². The number of hydrogen-bond acceptors (Lipinski definition) is 6. The average Bonchev–Trinajstić information content (AvgIpc) is 2.54. The first-order valence-corrected chi connectivity index (χ1v) is 8.91. The Balaban J connectivity index is 2.11. The van der Waals surface area contributed by atoms with Gasteiger partial charge in [0.2, 0.25) is 0 Å². The van der Waals surface area contributed by atoms with Gasteiger partial charge in [0.05, 0.1) is 4.90 Å². The first-order valence-electron chi connectivity index (χ1n) is 7.02. The zero-order valence-electron chi connectivity index (χ0n) is 12.7. The molecule has 3 aromatic carbocycles. The van der Waals surface area contributed by atoms with Crippen molar-refractivity contribution in [2.75, 3.05) is 6.26 Å². The largest absolute Gasteiger partial charge is 0.506 e. The zero-order valence-corrected chi connectivity index (χ0v) is 13.5. The summed E-state index contributed by atoms with van der Waals surface area (Å²) in [4.78, 5) is 0.0244. The van der Waals surface area contributed by atoms with Crippen LogP contribution in [0.1, 0.15) is 0 Å². The molecule has 0 spiro atoms. The van der Waals surface area contributed by atoms with E-state index in [2.05, 4.69) is 10.2 Å². The van der Waals surface area contributed by atoms with Gasteiger partial charge in [0.15, 0.2) is 9.84 Å². The molecule has 0 bridgehead atoms. The Kier molecular flexibility index (Phi) is 3.94. The van der Waals surface area contributed by atoms with Gasteiger partial charge in [-0.25, -0.2) is 8.42 Å². The molecular formula is C17H14N2O4S. The van der Waals surface area contributed by atoms with E-state index >= 15 is 0 Å². The van der Waals surface area contributed by atoms with Crippen molar-refractivity contribution in [2.45, 2.75) is 4.90 Å². The SMILES string of the molecule is CS(=O)(=O)c1ccc(O)c(N=Nc2c(O)ccc3ccccc23)c1. The lowest BCUT2D eigenvalue weighted by molar-refractivity contribution is 0.474. The molecule has 0 aliphatic rings. The maximum atomic E-state index is 11.6. The smallest absolute Gasteiger partial charge is 0.175 e. The average molecular weight is 342 g/mol. The predicted molar refractivity (Wildman–Crippen MR) is 91.0 cm³/mol. The molecule has 0 saturated heterocycles. The minimum atomic E-state index is -3.43. The molecule has 0 saturated carbocycles. The van der Waals surface area contributed by atoms with Crippen molar-refractivity contribution in [1.29, 1.82) is 0 Å². The Morgan fingerprint density at radius 3 is 2.33 bits per heavy atom. The Morgan fingerprint density at radius 1 is 0.875 bits per heavy atom. The highest BCUT2D eigenvalue weighted by Gasteiger charge is 2.11. The number of azo groups is 1. The van der Waals surface area contributed by atoms with Gasteiger partial charge in [0.1, 0.15) is 22.9 Å². The Morgan fingerprint density at radius 2 is 1.58 bits per heavy atom. The molecule has 0 aliphatic heterocycles.